The molecular weight excluding hydrogens is 386 g/mol. The molecule has 1 aromatic heterocycles. The fraction of sp³-hybridized carbons (Fsp3) is 0.815. The second kappa shape index (κ2) is 7.73. The van der Waals surface area contributed by atoms with E-state index in [1.165, 1.54) is 4.57 Å². The van der Waals surface area contributed by atoms with E-state index < -0.39 is 29.2 Å². The zero-order valence-corrected chi connectivity index (χ0v) is 19.4. The third-order valence-electron chi connectivity index (χ3n) is 10.1. The Morgan fingerprint density at radius 2 is 1.84 bits per heavy atom. The molecular formula is C27H41NO3. The van der Waals surface area contributed by atoms with Crippen molar-refractivity contribution >= 4 is 5.78 Å². The number of carbonyl (C=O) groups excluding carboxylic acids is 1. The van der Waals surface area contributed by atoms with Gasteiger partial charge in [-0.25, -0.2) is 0 Å². The zero-order chi connectivity index (χ0) is 24.6. The van der Waals surface area contributed by atoms with Gasteiger partial charge in [0.05, 0.1) is 21.4 Å². The smallest absolute Gasteiger partial charge is 0.156 e. The van der Waals surface area contributed by atoms with Gasteiger partial charge >= 0.3 is 0 Å². The number of hydrogen-bond donors (Lipinski definition) is 1. The third kappa shape index (κ3) is 3.44. The van der Waals surface area contributed by atoms with Gasteiger partial charge < -0.3 is 14.4 Å². The molecule has 4 aliphatic rings. The first kappa shape index (κ1) is 18.3. The molecule has 4 fully saturated rings. The minimum absolute atomic E-state index is 0.182. The minimum Gasteiger partial charge on any atom is -0.387 e. The van der Waals surface area contributed by atoms with Gasteiger partial charge in [0.1, 0.15) is 0 Å². The highest BCUT2D eigenvalue weighted by Crippen LogP contribution is 2.68. The number of rotatable bonds is 5. The summed E-state index contributed by atoms with van der Waals surface area (Å²) in [7, 11) is 1.66. The van der Waals surface area contributed by atoms with E-state index >= 15 is 0 Å². The molecule has 0 saturated heterocycles. The van der Waals surface area contributed by atoms with Crippen LogP contribution in [0.3, 0.4) is 0 Å². The monoisotopic (exact) mass is 430 g/mol. The molecule has 0 amide bonds. The second-order valence-corrected chi connectivity index (χ2v) is 11.5. The highest BCUT2D eigenvalue weighted by atomic mass is 16.5. The van der Waals surface area contributed by atoms with Crippen molar-refractivity contribution in [3.05, 3.63) is 24.5 Å². The van der Waals surface area contributed by atoms with E-state index in [4.69, 9.17) is 7.48 Å². The van der Waals surface area contributed by atoms with Crippen molar-refractivity contribution in [2.24, 2.45) is 40.4 Å². The molecule has 4 saturated carbocycles. The van der Waals surface area contributed by atoms with Crippen LogP contribution in [-0.4, -0.2) is 34.8 Å². The number of hydrogen-bond acceptors (Lipinski definition) is 3. The van der Waals surface area contributed by atoms with Crippen molar-refractivity contribution < 1.29 is 18.8 Å². The second-order valence-electron chi connectivity index (χ2n) is 11.5. The molecule has 31 heavy (non-hydrogen) atoms. The van der Waals surface area contributed by atoms with Crippen LogP contribution in [0, 0.1) is 40.4 Å². The maximum Gasteiger partial charge on any atom is 0.156 e. The van der Waals surface area contributed by atoms with Crippen molar-refractivity contribution in [1.29, 1.82) is 0 Å². The van der Waals surface area contributed by atoms with Crippen LogP contribution < -0.4 is 0 Å². The highest BCUT2D eigenvalue weighted by molar-refractivity contribution is 5.82. The molecule has 0 bridgehead atoms. The predicted octanol–water partition coefficient (Wildman–Crippen LogP) is 5.09. The van der Waals surface area contributed by atoms with Crippen LogP contribution in [0.25, 0.3) is 0 Å². The molecule has 172 valence electrons. The number of methoxy groups -OCH3 is 1. The van der Waals surface area contributed by atoms with E-state index in [0.717, 1.165) is 51.4 Å². The van der Waals surface area contributed by atoms with Crippen LogP contribution in [0.15, 0.2) is 24.5 Å². The van der Waals surface area contributed by atoms with Crippen molar-refractivity contribution in [1.82, 2.24) is 4.57 Å². The van der Waals surface area contributed by atoms with Gasteiger partial charge in [-0.3, -0.25) is 4.79 Å². The lowest BCUT2D eigenvalue weighted by Gasteiger charge is -2.62. The number of carbonyl (C=O) groups is 1. The van der Waals surface area contributed by atoms with Crippen LogP contribution in [0.5, 0.6) is 0 Å². The molecule has 4 heteroatoms. The Morgan fingerprint density at radius 3 is 2.58 bits per heavy atom. The van der Waals surface area contributed by atoms with Crippen LogP contribution in [-0.2, 0) is 16.0 Å². The van der Waals surface area contributed by atoms with Gasteiger partial charge in [0.2, 0.25) is 0 Å². The first-order valence-corrected chi connectivity index (χ1v) is 12.3. The summed E-state index contributed by atoms with van der Waals surface area (Å²) in [6.07, 6.45) is 11.0. The standard InChI is InChI=1S/C27H41NO3/c1-25-12-13-27(30,18-31-3)16-19(25)6-7-20-21-8-9-23(26(21,2)11-10-22(20)25)24(29)17-28-14-4-5-15-28/h4-5,14-15,19-23,30H,6-13,16-18H2,1-3H3/t19-,20-,21-,22-,23+,25-,26-,27+/m0/s1/i17D2,23D. The third-order valence-corrected chi connectivity index (χ3v) is 10.1. The number of aliphatic hydroxyl groups is 1. The summed E-state index contributed by atoms with van der Waals surface area (Å²) in [6.45, 7) is 2.74. The average Bonchev–Trinajstić information content (AvgIpc) is 3.42. The fourth-order valence-electron chi connectivity index (χ4n) is 8.50. The molecule has 0 spiro atoms. The number of Topliss-reactive ketones (excluding diaryl/α,β-unsaturated/α-hetero) is 1. The Labute approximate surface area is 192 Å². The zero-order valence-electron chi connectivity index (χ0n) is 22.4. The quantitative estimate of drug-likeness (QED) is 0.708. The lowest BCUT2D eigenvalue weighted by atomic mass is 9.44. The van der Waals surface area contributed by atoms with E-state index in [1.807, 2.05) is 0 Å². The average molecular weight is 431 g/mol. The van der Waals surface area contributed by atoms with Gasteiger partial charge in [-0.05, 0) is 104 Å². The summed E-state index contributed by atoms with van der Waals surface area (Å²) in [6, 6.07) is 3.45. The largest absolute Gasteiger partial charge is 0.387 e. The normalized spacial score (nSPS) is 51.0. The Balaban J connectivity index is 1.40. The van der Waals surface area contributed by atoms with Gasteiger partial charge in [0.25, 0.3) is 0 Å². The Kier molecular flexibility index (Phi) is 4.57. The summed E-state index contributed by atoms with van der Waals surface area (Å²) in [4.78, 5) is 13.7. The first-order chi connectivity index (χ1) is 15.9. The van der Waals surface area contributed by atoms with E-state index in [9.17, 15) is 11.3 Å². The summed E-state index contributed by atoms with van der Waals surface area (Å²) in [5.41, 5.74) is -1.03. The molecule has 0 radical (unpaired) electrons. The SMILES string of the molecule is [2H]C([2H])(C(=O)[C@@]1([2H])CC[C@H]2[C@@H]3CC[C@H]4C[C@@](O)(COC)CC[C@]4(C)[C@H]3CC[C@@]21C)n1cccc1. The molecule has 1 heterocycles. The maximum atomic E-state index is 13.7. The van der Waals surface area contributed by atoms with Gasteiger partial charge in [-0.1, -0.05) is 13.8 Å². The minimum atomic E-state index is -2.21. The maximum absolute atomic E-state index is 13.7. The lowest BCUT2D eigenvalue weighted by molar-refractivity contribution is -0.164. The van der Waals surface area contributed by atoms with E-state index in [1.54, 1.807) is 31.6 Å². The molecule has 1 N–H and O–H groups in total. The molecule has 0 unspecified atom stereocenters. The molecule has 4 nitrogen and oxygen atoms in total. The van der Waals surface area contributed by atoms with Crippen LogP contribution >= 0.6 is 0 Å². The van der Waals surface area contributed by atoms with Crippen molar-refractivity contribution in [3.63, 3.8) is 0 Å². The topological polar surface area (TPSA) is 51.5 Å². The number of ketones is 1. The summed E-state index contributed by atoms with van der Waals surface area (Å²) < 4.78 is 33.3. The van der Waals surface area contributed by atoms with Crippen LogP contribution in [0.1, 0.15) is 75.7 Å². The van der Waals surface area contributed by atoms with Crippen LogP contribution in [0.2, 0.25) is 0 Å². The van der Waals surface area contributed by atoms with E-state index in [0.29, 0.717) is 30.8 Å². The molecule has 8 atom stereocenters. The Morgan fingerprint density at radius 1 is 1.10 bits per heavy atom. The lowest BCUT2D eigenvalue weighted by Crippen LogP contribution is -2.56. The van der Waals surface area contributed by atoms with E-state index in [2.05, 4.69) is 13.8 Å². The number of nitrogens with zero attached hydrogens (tertiary/aromatic N) is 1. The van der Waals surface area contributed by atoms with E-state index in [-0.39, 0.29) is 11.3 Å². The van der Waals surface area contributed by atoms with Gasteiger partial charge in [0, 0.05) is 26.8 Å². The molecule has 0 aromatic carbocycles. The Bertz CT molecular complexity index is 938. The highest BCUT2D eigenvalue weighted by Gasteiger charge is 2.62. The molecule has 1 aromatic rings. The summed E-state index contributed by atoms with van der Waals surface area (Å²) in [5, 5.41) is 11.1. The van der Waals surface area contributed by atoms with Gasteiger partial charge in [-0.15, -0.1) is 0 Å². The molecule has 5 rings (SSSR count). The number of ether oxygens (including phenoxy) is 1. The van der Waals surface area contributed by atoms with Crippen LogP contribution in [0.4, 0.5) is 0 Å². The first-order valence-electron chi connectivity index (χ1n) is 13.8. The predicted molar refractivity (Wildman–Crippen MR) is 121 cm³/mol. The molecule has 4 aliphatic carbocycles. The number of aromatic nitrogens is 1. The summed E-state index contributed by atoms with van der Waals surface area (Å²) >= 11 is 0. The summed E-state index contributed by atoms with van der Waals surface area (Å²) in [5.74, 6) is -0.188. The fourth-order valence-corrected chi connectivity index (χ4v) is 8.50. The van der Waals surface area contributed by atoms with Gasteiger partial charge in [0.15, 0.2) is 5.78 Å². The van der Waals surface area contributed by atoms with Gasteiger partial charge in [-0.2, -0.15) is 0 Å². The Hall–Kier alpha value is -1.13. The van der Waals surface area contributed by atoms with Crippen molar-refractivity contribution in [2.45, 2.75) is 83.7 Å². The van der Waals surface area contributed by atoms with Crippen molar-refractivity contribution in [3.8, 4) is 0 Å². The molecule has 0 aliphatic heterocycles. The van der Waals surface area contributed by atoms with Crippen molar-refractivity contribution in [2.75, 3.05) is 13.7 Å². The number of fused-ring (bicyclic) bond motifs is 5.